The third-order valence-corrected chi connectivity index (χ3v) is 2.94. The van der Waals surface area contributed by atoms with Crippen LogP contribution in [0.1, 0.15) is 16.6 Å². The molecule has 2 heterocycles. The van der Waals surface area contributed by atoms with Gasteiger partial charge in [0.25, 0.3) is 0 Å². The Bertz CT molecular complexity index is 482. The summed E-state index contributed by atoms with van der Waals surface area (Å²) in [6, 6.07) is 3.71. The molecule has 0 saturated heterocycles. The first-order valence-corrected chi connectivity index (χ1v) is 5.66. The van der Waals surface area contributed by atoms with E-state index in [0.29, 0.717) is 11.5 Å². The third-order valence-electron chi connectivity index (χ3n) is 1.91. The smallest absolute Gasteiger partial charge is 0.349 e. The summed E-state index contributed by atoms with van der Waals surface area (Å²) in [6.07, 6.45) is 4.93. The van der Waals surface area contributed by atoms with Crippen molar-refractivity contribution >= 4 is 17.3 Å². The predicted molar refractivity (Wildman–Crippen MR) is 61.3 cm³/mol. The molecular weight excluding hydrogens is 224 g/mol. The van der Waals surface area contributed by atoms with E-state index in [9.17, 15) is 4.79 Å². The van der Waals surface area contributed by atoms with E-state index in [4.69, 9.17) is 4.74 Å². The van der Waals surface area contributed by atoms with Crippen LogP contribution < -0.4 is 0 Å². The highest BCUT2D eigenvalue weighted by molar-refractivity contribution is 7.16. The maximum absolute atomic E-state index is 11.4. The Morgan fingerprint density at radius 1 is 1.44 bits per heavy atom. The highest BCUT2D eigenvalue weighted by Gasteiger charge is 2.11. The summed E-state index contributed by atoms with van der Waals surface area (Å²) in [7, 11) is 0. The second kappa shape index (κ2) is 4.85. The van der Waals surface area contributed by atoms with E-state index in [0.717, 1.165) is 10.6 Å². The van der Waals surface area contributed by atoms with Gasteiger partial charge in [-0.25, -0.2) is 9.78 Å². The van der Waals surface area contributed by atoms with Crippen LogP contribution in [-0.2, 0) is 4.74 Å². The zero-order valence-electron chi connectivity index (χ0n) is 8.71. The van der Waals surface area contributed by atoms with E-state index in [1.807, 2.05) is 12.1 Å². The van der Waals surface area contributed by atoms with Crippen molar-refractivity contribution in [2.45, 2.75) is 6.92 Å². The van der Waals surface area contributed by atoms with Gasteiger partial charge in [0.05, 0.1) is 12.8 Å². The molecule has 0 N–H and O–H groups in total. The van der Waals surface area contributed by atoms with E-state index in [-0.39, 0.29) is 5.97 Å². The Kier molecular flexibility index (Phi) is 3.26. The van der Waals surface area contributed by atoms with Gasteiger partial charge < -0.3 is 4.74 Å². The Hall–Kier alpha value is -1.75. The zero-order chi connectivity index (χ0) is 11.4. The largest absolute Gasteiger partial charge is 0.462 e. The van der Waals surface area contributed by atoms with Crippen molar-refractivity contribution in [3.05, 3.63) is 35.6 Å². The molecule has 4 nitrogen and oxygen atoms in total. The monoisotopic (exact) mass is 234 g/mol. The Labute approximate surface area is 96.9 Å². The number of carbonyl (C=O) groups is 1. The molecule has 0 saturated carbocycles. The lowest BCUT2D eigenvalue weighted by molar-refractivity contribution is 0.0532. The molecule has 0 fully saturated rings. The number of aromatic nitrogens is 2. The molecule has 2 aromatic rings. The van der Waals surface area contributed by atoms with Crippen LogP contribution in [0.4, 0.5) is 0 Å². The van der Waals surface area contributed by atoms with E-state index in [2.05, 4.69) is 9.97 Å². The lowest BCUT2D eigenvalue weighted by Gasteiger charge is -1.96. The van der Waals surface area contributed by atoms with Gasteiger partial charge in [0.2, 0.25) is 0 Å². The van der Waals surface area contributed by atoms with Gasteiger partial charge in [-0.15, -0.1) is 11.3 Å². The second-order valence-electron chi connectivity index (χ2n) is 2.99. The maximum Gasteiger partial charge on any atom is 0.349 e. The lowest BCUT2D eigenvalue weighted by atomic mass is 10.3. The highest BCUT2D eigenvalue weighted by atomic mass is 32.1. The number of carbonyl (C=O) groups excluding carboxylic acids is 1. The first-order chi connectivity index (χ1) is 7.81. The summed E-state index contributed by atoms with van der Waals surface area (Å²) in [6.45, 7) is 2.16. The van der Waals surface area contributed by atoms with Crippen molar-refractivity contribution in [3.8, 4) is 10.6 Å². The summed E-state index contributed by atoms with van der Waals surface area (Å²) in [5, 5.41) is 0.797. The predicted octanol–water partition coefficient (Wildman–Crippen LogP) is 2.38. The van der Waals surface area contributed by atoms with Crippen LogP contribution in [0.15, 0.2) is 30.7 Å². The summed E-state index contributed by atoms with van der Waals surface area (Å²) < 4.78 is 4.90. The van der Waals surface area contributed by atoms with E-state index in [1.165, 1.54) is 11.3 Å². The number of rotatable bonds is 3. The Morgan fingerprint density at radius 2 is 2.19 bits per heavy atom. The number of hydrogen-bond acceptors (Lipinski definition) is 5. The number of ether oxygens (including phenoxy) is 1. The molecule has 16 heavy (non-hydrogen) atoms. The summed E-state index contributed by atoms with van der Waals surface area (Å²) in [4.78, 5) is 20.1. The molecule has 0 aliphatic rings. The van der Waals surface area contributed by atoms with Crippen LogP contribution in [-0.4, -0.2) is 22.5 Å². The molecule has 2 rings (SSSR count). The van der Waals surface area contributed by atoms with Gasteiger partial charge in [-0.05, 0) is 19.1 Å². The van der Waals surface area contributed by atoms with Gasteiger partial charge in [0.15, 0.2) is 0 Å². The van der Waals surface area contributed by atoms with Gasteiger partial charge in [0.1, 0.15) is 9.88 Å². The molecule has 0 atom stereocenters. The summed E-state index contributed by atoms with van der Waals surface area (Å²) in [5.74, 6) is -0.319. The van der Waals surface area contributed by atoms with Crippen molar-refractivity contribution in [3.63, 3.8) is 0 Å². The number of pyridine rings is 1. The van der Waals surface area contributed by atoms with Crippen molar-refractivity contribution in [1.29, 1.82) is 0 Å². The van der Waals surface area contributed by atoms with Gasteiger partial charge in [-0.1, -0.05) is 0 Å². The Morgan fingerprint density at radius 3 is 2.88 bits per heavy atom. The van der Waals surface area contributed by atoms with Crippen LogP contribution in [0.3, 0.4) is 0 Å². The van der Waals surface area contributed by atoms with E-state index < -0.39 is 0 Å². The molecule has 0 aliphatic carbocycles. The average molecular weight is 234 g/mol. The molecule has 0 radical (unpaired) electrons. The van der Waals surface area contributed by atoms with Crippen LogP contribution in [0.25, 0.3) is 10.6 Å². The fourth-order valence-electron chi connectivity index (χ4n) is 1.20. The molecule has 0 spiro atoms. The quantitative estimate of drug-likeness (QED) is 0.765. The van der Waals surface area contributed by atoms with Crippen LogP contribution >= 0.6 is 11.3 Å². The lowest BCUT2D eigenvalue weighted by Crippen LogP contribution is -2.01. The molecule has 0 aromatic carbocycles. The molecule has 2 aromatic heterocycles. The third kappa shape index (κ3) is 2.25. The number of thiazole rings is 1. The van der Waals surface area contributed by atoms with Crippen molar-refractivity contribution < 1.29 is 9.53 Å². The second-order valence-corrected chi connectivity index (χ2v) is 4.02. The highest BCUT2D eigenvalue weighted by Crippen LogP contribution is 2.24. The van der Waals surface area contributed by atoms with Crippen LogP contribution in [0.5, 0.6) is 0 Å². The minimum absolute atomic E-state index is 0.319. The SMILES string of the molecule is CCOC(=O)c1cnc(-c2ccncc2)s1. The normalized spacial score (nSPS) is 10.1. The molecule has 0 aliphatic heterocycles. The first-order valence-electron chi connectivity index (χ1n) is 4.84. The van der Waals surface area contributed by atoms with Crippen molar-refractivity contribution in [2.75, 3.05) is 6.61 Å². The fraction of sp³-hybridized carbons (Fsp3) is 0.182. The van der Waals surface area contributed by atoms with Crippen molar-refractivity contribution in [2.24, 2.45) is 0 Å². The molecule has 0 bridgehead atoms. The fourth-order valence-corrected chi connectivity index (χ4v) is 2.01. The standard InChI is InChI=1S/C11H10N2O2S/c1-2-15-11(14)9-7-13-10(16-9)8-3-5-12-6-4-8/h3-7H,2H2,1H3. The van der Waals surface area contributed by atoms with Gasteiger partial charge in [-0.3, -0.25) is 4.98 Å². The molecule has 0 unspecified atom stereocenters. The van der Waals surface area contributed by atoms with E-state index >= 15 is 0 Å². The van der Waals surface area contributed by atoms with E-state index in [1.54, 1.807) is 25.5 Å². The van der Waals surface area contributed by atoms with Gasteiger partial charge in [0, 0.05) is 18.0 Å². The Balaban J connectivity index is 2.23. The maximum atomic E-state index is 11.4. The zero-order valence-corrected chi connectivity index (χ0v) is 9.53. The average Bonchev–Trinajstić information content (AvgIpc) is 2.80. The minimum Gasteiger partial charge on any atom is -0.462 e. The molecule has 0 amide bonds. The topological polar surface area (TPSA) is 52.1 Å². The van der Waals surface area contributed by atoms with Crippen LogP contribution in [0.2, 0.25) is 0 Å². The molecule has 5 heteroatoms. The first kappa shape index (κ1) is 10.8. The minimum atomic E-state index is -0.319. The summed E-state index contributed by atoms with van der Waals surface area (Å²) in [5.41, 5.74) is 0.954. The number of hydrogen-bond donors (Lipinski definition) is 0. The van der Waals surface area contributed by atoms with Crippen LogP contribution in [0, 0.1) is 0 Å². The summed E-state index contributed by atoms with van der Waals surface area (Å²) >= 11 is 1.32. The number of nitrogens with zero attached hydrogens (tertiary/aromatic N) is 2. The van der Waals surface area contributed by atoms with Crippen molar-refractivity contribution in [1.82, 2.24) is 9.97 Å². The van der Waals surface area contributed by atoms with Gasteiger partial charge in [-0.2, -0.15) is 0 Å². The molecule has 82 valence electrons. The number of esters is 1. The van der Waals surface area contributed by atoms with Gasteiger partial charge >= 0.3 is 5.97 Å². The molecular formula is C11H10N2O2S.